The van der Waals surface area contributed by atoms with E-state index in [1.165, 1.54) is 12.8 Å². The highest BCUT2D eigenvalue weighted by Gasteiger charge is 2.14. The summed E-state index contributed by atoms with van der Waals surface area (Å²) in [5.41, 5.74) is 0.121. The minimum atomic E-state index is 0.121. The summed E-state index contributed by atoms with van der Waals surface area (Å²) in [4.78, 5) is 12.4. The van der Waals surface area contributed by atoms with Crippen molar-refractivity contribution in [1.82, 2.24) is 9.88 Å². The van der Waals surface area contributed by atoms with Gasteiger partial charge >= 0.3 is 0 Å². The lowest BCUT2D eigenvalue weighted by Gasteiger charge is -2.23. The molecule has 1 atom stereocenters. The summed E-state index contributed by atoms with van der Waals surface area (Å²) in [5, 5.41) is 5.20. The summed E-state index contributed by atoms with van der Waals surface area (Å²) < 4.78 is 2.86. The first-order valence-corrected chi connectivity index (χ1v) is 7.53. The Hall–Kier alpha value is -1.13. The lowest BCUT2D eigenvalue weighted by molar-refractivity contribution is 0.334. The number of hydrogen-bond donors (Lipinski definition) is 1. The van der Waals surface area contributed by atoms with Crippen molar-refractivity contribution in [2.75, 3.05) is 13.1 Å². The molecule has 1 unspecified atom stereocenters. The van der Waals surface area contributed by atoms with Crippen LogP contribution in [0.3, 0.4) is 0 Å². The number of benzene rings is 1. The Kier molecular flexibility index (Phi) is 3.71. The molecule has 0 spiro atoms. The van der Waals surface area contributed by atoms with Crippen molar-refractivity contribution < 1.29 is 0 Å². The molecule has 3 rings (SSSR count). The molecule has 2 aromatic rings. The van der Waals surface area contributed by atoms with Gasteiger partial charge in [0.2, 0.25) is 0 Å². The highest BCUT2D eigenvalue weighted by atomic mass is 79.9. The second-order valence-corrected chi connectivity index (χ2v) is 6.13. The molecule has 1 saturated heterocycles. The van der Waals surface area contributed by atoms with Gasteiger partial charge in [0.05, 0.1) is 0 Å². The lowest BCUT2D eigenvalue weighted by atomic mass is 9.99. The number of hydrogen-bond acceptors (Lipinski definition) is 2. The van der Waals surface area contributed by atoms with Crippen molar-refractivity contribution in [2.24, 2.45) is 5.92 Å². The van der Waals surface area contributed by atoms with E-state index in [4.69, 9.17) is 0 Å². The number of fused-ring (bicyclic) bond motifs is 1. The second kappa shape index (κ2) is 5.47. The van der Waals surface area contributed by atoms with Crippen LogP contribution in [0.25, 0.3) is 10.8 Å². The van der Waals surface area contributed by atoms with Crippen molar-refractivity contribution in [3.63, 3.8) is 0 Å². The standard InChI is InChI=1S/C15H17BrN2O/c16-13-3-4-14-12(8-13)5-7-18(15(14)19)10-11-2-1-6-17-9-11/h3-5,7-8,11,17H,1-2,6,9-10H2. The average Bonchev–Trinajstić information content (AvgIpc) is 2.43. The van der Waals surface area contributed by atoms with Crippen LogP contribution in [0.5, 0.6) is 0 Å². The van der Waals surface area contributed by atoms with Crippen molar-refractivity contribution in [1.29, 1.82) is 0 Å². The Labute approximate surface area is 120 Å². The van der Waals surface area contributed by atoms with E-state index < -0.39 is 0 Å². The summed E-state index contributed by atoms with van der Waals surface area (Å²) in [5.74, 6) is 0.569. The van der Waals surface area contributed by atoms with Gasteiger partial charge in [-0.05, 0) is 61.5 Å². The fraction of sp³-hybridized carbons (Fsp3) is 0.400. The maximum absolute atomic E-state index is 12.4. The van der Waals surface area contributed by atoms with Crippen LogP contribution in [0.2, 0.25) is 0 Å². The quantitative estimate of drug-likeness (QED) is 0.923. The zero-order valence-electron chi connectivity index (χ0n) is 10.7. The van der Waals surface area contributed by atoms with Gasteiger partial charge in [0, 0.05) is 22.6 Å². The SMILES string of the molecule is O=c1c2ccc(Br)cc2ccn1CC1CCCNC1. The van der Waals surface area contributed by atoms with Gasteiger partial charge in [0.25, 0.3) is 5.56 Å². The Morgan fingerprint density at radius 3 is 3.05 bits per heavy atom. The van der Waals surface area contributed by atoms with E-state index in [-0.39, 0.29) is 5.56 Å². The van der Waals surface area contributed by atoms with E-state index in [1.807, 2.05) is 35.0 Å². The van der Waals surface area contributed by atoms with Crippen molar-refractivity contribution in [3.05, 3.63) is 45.3 Å². The number of aromatic nitrogens is 1. The summed E-state index contributed by atoms with van der Waals surface area (Å²) in [7, 11) is 0. The molecule has 1 fully saturated rings. The second-order valence-electron chi connectivity index (χ2n) is 5.22. The van der Waals surface area contributed by atoms with Crippen molar-refractivity contribution in [3.8, 4) is 0 Å². The number of rotatable bonds is 2. The van der Waals surface area contributed by atoms with Gasteiger partial charge in [-0.1, -0.05) is 15.9 Å². The zero-order valence-corrected chi connectivity index (χ0v) is 12.3. The first-order valence-electron chi connectivity index (χ1n) is 6.73. The minimum Gasteiger partial charge on any atom is -0.316 e. The Morgan fingerprint density at radius 1 is 1.37 bits per heavy atom. The monoisotopic (exact) mass is 320 g/mol. The molecule has 100 valence electrons. The third-order valence-corrected chi connectivity index (χ3v) is 4.29. The van der Waals surface area contributed by atoms with Crippen LogP contribution in [0.1, 0.15) is 12.8 Å². The third kappa shape index (κ3) is 2.74. The average molecular weight is 321 g/mol. The summed E-state index contributed by atoms with van der Waals surface area (Å²) in [6.07, 6.45) is 4.34. The van der Waals surface area contributed by atoms with Gasteiger partial charge in [-0.3, -0.25) is 4.79 Å². The van der Waals surface area contributed by atoms with Gasteiger partial charge in [0.1, 0.15) is 0 Å². The molecular formula is C15H17BrN2O. The molecule has 0 amide bonds. The predicted molar refractivity (Wildman–Crippen MR) is 81.5 cm³/mol. The number of nitrogens with zero attached hydrogens (tertiary/aromatic N) is 1. The van der Waals surface area contributed by atoms with Gasteiger partial charge < -0.3 is 9.88 Å². The number of piperidine rings is 1. The van der Waals surface area contributed by atoms with Gasteiger partial charge in [0.15, 0.2) is 0 Å². The highest BCUT2D eigenvalue weighted by molar-refractivity contribution is 9.10. The van der Waals surface area contributed by atoms with Crippen LogP contribution in [-0.2, 0) is 6.54 Å². The number of pyridine rings is 1. The Morgan fingerprint density at radius 2 is 2.26 bits per heavy atom. The van der Waals surface area contributed by atoms with E-state index in [1.54, 1.807) is 0 Å². The molecule has 2 heterocycles. The van der Waals surface area contributed by atoms with Crippen molar-refractivity contribution in [2.45, 2.75) is 19.4 Å². The van der Waals surface area contributed by atoms with E-state index in [0.717, 1.165) is 34.9 Å². The molecule has 0 radical (unpaired) electrons. The van der Waals surface area contributed by atoms with E-state index in [9.17, 15) is 4.79 Å². The highest BCUT2D eigenvalue weighted by Crippen LogP contribution is 2.18. The largest absolute Gasteiger partial charge is 0.316 e. The van der Waals surface area contributed by atoms with E-state index in [2.05, 4.69) is 21.2 Å². The molecule has 19 heavy (non-hydrogen) atoms. The maximum Gasteiger partial charge on any atom is 0.258 e. The predicted octanol–water partition coefficient (Wildman–Crippen LogP) is 2.76. The molecule has 1 aliphatic rings. The molecule has 0 saturated carbocycles. The molecule has 0 bridgehead atoms. The topological polar surface area (TPSA) is 34.0 Å². The maximum atomic E-state index is 12.4. The Bertz CT molecular complexity index is 644. The first kappa shape index (κ1) is 12.9. The molecular weight excluding hydrogens is 304 g/mol. The molecule has 0 aliphatic carbocycles. The molecule has 4 heteroatoms. The Balaban J connectivity index is 1.93. The van der Waals surface area contributed by atoms with Crippen LogP contribution in [0.15, 0.2) is 39.7 Å². The third-order valence-electron chi connectivity index (χ3n) is 3.79. The molecule has 3 nitrogen and oxygen atoms in total. The van der Waals surface area contributed by atoms with Crippen LogP contribution in [0.4, 0.5) is 0 Å². The number of nitrogens with one attached hydrogen (secondary N) is 1. The molecule has 1 aliphatic heterocycles. The normalized spacial score (nSPS) is 19.7. The minimum absolute atomic E-state index is 0.121. The molecule has 1 aromatic heterocycles. The summed E-state index contributed by atoms with van der Waals surface area (Å²) in [6, 6.07) is 7.84. The summed E-state index contributed by atoms with van der Waals surface area (Å²) >= 11 is 3.44. The van der Waals surface area contributed by atoms with E-state index in [0.29, 0.717) is 5.92 Å². The molecule has 1 N–H and O–H groups in total. The fourth-order valence-corrected chi connectivity index (χ4v) is 3.14. The lowest BCUT2D eigenvalue weighted by Crippen LogP contribution is -2.34. The van der Waals surface area contributed by atoms with Gasteiger partial charge in [-0.15, -0.1) is 0 Å². The van der Waals surface area contributed by atoms with E-state index >= 15 is 0 Å². The molecule has 1 aromatic carbocycles. The fourth-order valence-electron chi connectivity index (χ4n) is 2.76. The number of halogens is 1. The first-order chi connectivity index (χ1) is 9.24. The van der Waals surface area contributed by atoms with Gasteiger partial charge in [-0.2, -0.15) is 0 Å². The van der Waals surface area contributed by atoms with Gasteiger partial charge in [-0.25, -0.2) is 0 Å². The van der Waals surface area contributed by atoms with Crippen LogP contribution in [-0.4, -0.2) is 17.7 Å². The smallest absolute Gasteiger partial charge is 0.258 e. The summed E-state index contributed by atoms with van der Waals surface area (Å²) in [6.45, 7) is 2.94. The van der Waals surface area contributed by atoms with Crippen molar-refractivity contribution >= 4 is 26.7 Å². The zero-order chi connectivity index (χ0) is 13.2. The van der Waals surface area contributed by atoms with Crippen LogP contribution in [0, 0.1) is 5.92 Å². The van der Waals surface area contributed by atoms with Crippen LogP contribution >= 0.6 is 15.9 Å². The van der Waals surface area contributed by atoms with Crippen LogP contribution < -0.4 is 10.9 Å².